The number of carboxylic acid groups (broad SMARTS) is 1. The Morgan fingerprint density at radius 2 is 2.18 bits per heavy atom. The Morgan fingerprint density at radius 1 is 1.42 bits per heavy atom. The predicted octanol–water partition coefficient (Wildman–Crippen LogP) is 1.39. The number of nitrogen functional groups attached to an aromatic ring is 1. The van der Waals surface area contributed by atoms with Gasteiger partial charge in [0, 0.05) is 23.4 Å². The number of β-lactam (4-membered cyclic amide) rings is 1. The zero-order valence-corrected chi connectivity index (χ0v) is 21.6. The van der Waals surface area contributed by atoms with E-state index in [1.807, 2.05) is 6.92 Å². The average molecular weight is 560 g/mol. The first-order valence-electron chi connectivity index (χ1n) is 11.0. The predicted molar refractivity (Wildman–Crippen MR) is 139 cm³/mol. The molecule has 0 saturated carbocycles. The minimum atomic E-state index is -1.34. The number of nitro groups is 1. The number of allylic oxidation sites excluding steroid dienone is 1. The molecule has 1 fully saturated rings. The normalized spacial score (nSPS) is 19.3. The van der Waals surface area contributed by atoms with Crippen molar-refractivity contribution in [3.63, 3.8) is 0 Å². The third kappa shape index (κ3) is 5.08. The van der Waals surface area contributed by atoms with Gasteiger partial charge in [0.25, 0.3) is 17.5 Å². The Labute approximate surface area is 223 Å². The molecular weight excluding hydrogens is 538 g/mol. The quantitative estimate of drug-likeness (QED) is 0.173. The number of aromatic nitrogens is 2. The zero-order valence-electron chi connectivity index (χ0n) is 20.0. The van der Waals surface area contributed by atoms with Crippen molar-refractivity contribution in [1.82, 2.24) is 19.6 Å². The molecule has 16 heteroatoms. The number of anilines is 1. The van der Waals surface area contributed by atoms with Crippen LogP contribution in [-0.4, -0.2) is 72.1 Å². The summed E-state index contributed by atoms with van der Waals surface area (Å²) in [5.41, 5.74) is 6.31. The van der Waals surface area contributed by atoms with Crippen LogP contribution in [0.15, 0.2) is 40.7 Å². The summed E-state index contributed by atoms with van der Waals surface area (Å²) in [5.74, 6) is -2.67. The molecule has 1 aromatic carbocycles. The molecule has 4 rings (SSSR count). The number of amides is 2. The molecule has 14 nitrogen and oxygen atoms in total. The fraction of sp³-hybridized carbons (Fsp3) is 0.273. The van der Waals surface area contributed by atoms with Crippen molar-refractivity contribution in [3.05, 3.63) is 62.6 Å². The van der Waals surface area contributed by atoms with Crippen molar-refractivity contribution < 1.29 is 29.3 Å². The van der Waals surface area contributed by atoms with E-state index in [0.29, 0.717) is 17.6 Å². The topological polar surface area (TPSA) is 203 Å². The molecule has 0 spiro atoms. The molecule has 2 aromatic rings. The van der Waals surface area contributed by atoms with E-state index in [1.165, 1.54) is 37.1 Å². The van der Waals surface area contributed by atoms with Crippen molar-refractivity contribution in [1.29, 1.82) is 0 Å². The maximum atomic E-state index is 13.0. The summed E-state index contributed by atoms with van der Waals surface area (Å²) in [6.07, 6.45) is 3.54. The number of carbonyl (C=O) groups is 3. The summed E-state index contributed by atoms with van der Waals surface area (Å²) in [6.45, 7) is 1.88. The maximum Gasteiger partial charge on any atom is 0.352 e. The number of carbonyl (C=O) groups excluding carboxylic acids is 2. The molecule has 2 amide bonds. The van der Waals surface area contributed by atoms with Gasteiger partial charge in [-0.05, 0) is 29.7 Å². The summed E-state index contributed by atoms with van der Waals surface area (Å²) in [7, 11) is 1.22. The van der Waals surface area contributed by atoms with Crippen molar-refractivity contribution >= 4 is 63.7 Å². The lowest BCUT2D eigenvalue weighted by molar-refractivity contribution is -0.385. The molecule has 0 radical (unpaired) electrons. The van der Waals surface area contributed by atoms with E-state index in [2.05, 4.69) is 19.8 Å². The number of aryl methyl sites for hydroxylation is 1. The number of carboxylic acids is 1. The number of nitrogens with zero attached hydrogens (tertiary/aromatic N) is 5. The third-order valence-corrected chi connectivity index (χ3v) is 7.55. The number of rotatable bonds is 9. The molecule has 3 heterocycles. The summed E-state index contributed by atoms with van der Waals surface area (Å²) in [6, 6.07) is 3.79. The van der Waals surface area contributed by atoms with Crippen LogP contribution in [0.5, 0.6) is 0 Å². The van der Waals surface area contributed by atoms with Gasteiger partial charge in [-0.2, -0.15) is 9.36 Å². The molecule has 198 valence electrons. The lowest BCUT2D eigenvalue weighted by atomic mass is 10.0. The van der Waals surface area contributed by atoms with E-state index >= 15 is 0 Å². The molecule has 2 unspecified atom stereocenters. The molecule has 2 atom stereocenters. The number of benzene rings is 1. The van der Waals surface area contributed by atoms with Crippen molar-refractivity contribution in [2.45, 2.75) is 24.8 Å². The van der Waals surface area contributed by atoms with Crippen molar-refractivity contribution in [2.24, 2.45) is 5.16 Å². The molecule has 4 N–H and O–H groups in total. The molecule has 2 aliphatic heterocycles. The third-order valence-electron chi connectivity index (χ3n) is 5.70. The Balaban J connectivity index is 1.57. The Kier molecular flexibility index (Phi) is 7.72. The lowest BCUT2D eigenvalue weighted by Crippen LogP contribution is -2.71. The number of hydrogen-bond acceptors (Lipinski definition) is 12. The van der Waals surface area contributed by atoms with Crippen LogP contribution < -0.4 is 11.1 Å². The second-order valence-corrected chi connectivity index (χ2v) is 9.84. The second kappa shape index (κ2) is 11.0. The van der Waals surface area contributed by atoms with Crippen LogP contribution in [-0.2, 0) is 25.6 Å². The van der Waals surface area contributed by atoms with Crippen molar-refractivity contribution in [3.8, 4) is 0 Å². The van der Waals surface area contributed by atoms with Crippen LogP contribution in [0.2, 0.25) is 0 Å². The smallest absolute Gasteiger partial charge is 0.352 e. The first kappa shape index (κ1) is 26.7. The number of nitro benzene ring substituents is 1. The fourth-order valence-electron chi connectivity index (χ4n) is 3.89. The largest absolute Gasteiger partial charge is 0.477 e. The van der Waals surface area contributed by atoms with E-state index in [0.717, 1.165) is 22.0 Å². The zero-order chi connectivity index (χ0) is 27.6. The van der Waals surface area contributed by atoms with Crippen LogP contribution in [0.1, 0.15) is 23.9 Å². The highest BCUT2D eigenvalue weighted by molar-refractivity contribution is 8.00. The van der Waals surface area contributed by atoms with Gasteiger partial charge in [0.1, 0.15) is 24.2 Å². The lowest BCUT2D eigenvalue weighted by Gasteiger charge is -2.49. The summed E-state index contributed by atoms with van der Waals surface area (Å²) in [4.78, 5) is 58.6. The Morgan fingerprint density at radius 3 is 2.79 bits per heavy atom. The summed E-state index contributed by atoms with van der Waals surface area (Å²) >= 11 is 2.09. The van der Waals surface area contributed by atoms with E-state index in [9.17, 15) is 29.6 Å². The minimum absolute atomic E-state index is 0.0774. The molecule has 2 aliphatic rings. The fourth-order valence-corrected chi connectivity index (χ4v) is 5.64. The monoisotopic (exact) mass is 559 g/mol. The van der Waals surface area contributed by atoms with Gasteiger partial charge in [-0.25, -0.2) is 4.79 Å². The van der Waals surface area contributed by atoms with Gasteiger partial charge in [-0.15, -0.1) is 11.8 Å². The first-order valence-corrected chi connectivity index (χ1v) is 12.9. The van der Waals surface area contributed by atoms with E-state index in [-0.39, 0.29) is 33.8 Å². The van der Waals surface area contributed by atoms with Gasteiger partial charge in [-0.1, -0.05) is 24.2 Å². The first-order chi connectivity index (χ1) is 18.2. The molecule has 1 aromatic heterocycles. The SMILES string of the molecule is CCc1ccc(/C=C/C2=C(C(=O)O)N3C(=O)C(NC(=O)/C(=N\OC)c4nsc(N)n4)C3SC2)c([N+](=O)[O-])c1. The van der Waals surface area contributed by atoms with Gasteiger partial charge in [-0.3, -0.25) is 24.6 Å². The number of aliphatic carboxylic acids is 1. The summed E-state index contributed by atoms with van der Waals surface area (Å²) in [5, 5.41) is 27.0. The number of nitrogens with one attached hydrogen (secondary N) is 1. The van der Waals surface area contributed by atoms with Gasteiger partial charge >= 0.3 is 5.97 Å². The number of fused-ring (bicyclic) bond motifs is 1. The highest BCUT2D eigenvalue weighted by atomic mass is 32.2. The van der Waals surface area contributed by atoms with E-state index in [4.69, 9.17) is 10.6 Å². The molecular formula is C22H21N7O7S2. The van der Waals surface area contributed by atoms with E-state index in [1.54, 1.807) is 12.1 Å². The van der Waals surface area contributed by atoms with Gasteiger partial charge in [0.2, 0.25) is 11.5 Å². The van der Waals surface area contributed by atoms with Crippen LogP contribution in [0.4, 0.5) is 10.8 Å². The van der Waals surface area contributed by atoms with Crippen LogP contribution in [0.3, 0.4) is 0 Å². The van der Waals surface area contributed by atoms with Crippen LogP contribution in [0, 0.1) is 10.1 Å². The Hall–Kier alpha value is -4.31. The van der Waals surface area contributed by atoms with Crippen LogP contribution >= 0.6 is 23.3 Å². The Bertz CT molecular complexity index is 1420. The maximum absolute atomic E-state index is 13.0. The number of hydrogen-bond donors (Lipinski definition) is 3. The minimum Gasteiger partial charge on any atom is -0.477 e. The summed E-state index contributed by atoms with van der Waals surface area (Å²) < 4.78 is 3.92. The second-order valence-electron chi connectivity index (χ2n) is 7.96. The highest BCUT2D eigenvalue weighted by Crippen LogP contribution is 2.41. The number of thioether (sulfide) groups is 1. The number of oxime groups is 1. The van der Waals surface area contributed by atoms with E-state index < -0.39 is 34.1 Å². The van der Waals surface area contributed by atoms with Crippen LogP contribution in [0.25, 0.3) is 6.08 Å². The average Bonchev–Trinajstić information content (AvgIpc) is 3.33. The molecule has 0 aliphatic carbocycles. The van der Waals surface area contributed by atoms with Gasteiger partial charge in [0.15, 0.2) is 5.13 Å². The van der Waals surface area contributed by atoms with Gasteiger partial charge < -0.3 is 21.0 Å². The van der Waals surface area contributed by atoms with Crippen molar-refractivity contribution in [2.75, 3.05) is 18.6 Å². The number of nitrogens with two attached hydrogens (primary N) is 1. The molecule has 1 saturated heterocycles. The highest BCUT2D eigenvalue weighted by Gasteiger charge is 2.54. The molecule has 38 heavy (non-hydrogen) atoms. The molecule has 0 bridgehead atoms. The van der Waals surface area contributed by atoms with Gasteiger partial charge in [0.05, 0.1) is 10.5 Å². The standard InChI is InChI=1S/C22H21N7O7S2/c1-3-10-4-5-11(13(8-10)29(34)35)6-7-12-9-37-20-15(19(31)28(20)16(12)21(32)33)24-18(30)14(26-36-2)17-25-22(23)38-27-17/h4-8,15,20H,3,9H2,1-2H3,(H,24,30)(H,32,33)(H2,23,25,27)/b7-6+,26-14-.